The Morgan fingerprint density at radius 3 is 2.67 bits per heavy atom. The molecule has 0 fully saturated rings. The van der Waals surface area contributed by atoms with Crippen molar-refractivity contribution >= 4 is 11.1 Å². The van der Waals surface area contributed by atoms with Gasteiger partial charge in [-0.25, -0.2) is 4.98 Å². The Kier molecular flexibility index (Phi) is 2.64. The number of aryl methyl sites for hydroxylation is 1. The van der Waals surface area contributed by atoms with Crippen LogP contribution >= 0.6 is 0 Å². The van der Waals surface area contributed by atoms with Crippen molar-refractivity contribution in [3.8, 4) is 22.8 Å². The lowest BCUT2D eigenvalue weighted by molar-refractivity contribution is 0.581. The highest BCUT2D eigenvalue weighted by atomic mass is 16.3. The molecule has 4 rings (SSSR count). The first kappa shape index (κ1) is 12.0. The molecular weight excluding hydrogens is 262 g/mol. The van der Waals surface area contributed by atoms with Gasteiger partial charge in [-0.3, -0.25) is 0 Å². The van der Waals surface area contributed by atoms with E-state index in [0.717, 1.165) is 28.0 Å². The standard InChI is InChI=1S/C18H13NO2/c1-12-4-2-5-14(10-12)18-19-15-8-7-13(11-17(15)21-18)16-6-3-9-20-16/h2-11H,1H3. The third-order valence-electron chi connectivity index (χ3n) is 3.46. The zero-order valence-electron chi connectivity index (χ0n) is 11.5. The largest absolute Gasteiger partial charge is 0.464 e. The molecule has 0 aliphatic rings. The molecule has 3 nitrogen and oxygen atoms in total. The van der Waals surface area contributed by atoms with Crippen LogP contribution in [0, 0.1) is 6.92 Å². The fraction of sp³-hybridized carbons (Fsp3) is 0.0556. The molecule has 0 saturated heterocycles. The van der Waals surface area contributed by atoms with Gasteiger partial charge in [-0.2, -0.15) is 0 Å². The van der Waals surface area contributed by atoms with Crippen molar-refractivity contribution in [1.29, 1.82) is 0 Å². The monoisotopic (exact) mass is 275 g/mol. The number of fused-ring (bicyclic) bond motifs is 1. The number of nitrogens with zero attached hydrogens (tertiary/aromatic N) is 1. The van der Waals surface area contributed by atoms with Crippen LogP contribution in [0.4, 0.5) is 0 Å². The van der Waals surface area contributed by atoms with E-state index in [1.54, 1.807) is 6.26 Å². The molecule has 4 aromatic rings. The van der Waals surface area contributed by atoms with Gasteiger partial charge in [-0.15, -0.1) is 0 Å². The molecule has 21 heavy (non-hydrogen) atoms. The number of rotatable bonds is 2. The number of oxazole rings is 1. The second-order valence-electron chi connectivity index (χ2n) is 5.05. The van der Waals surface area contributed by atoms with Crippen LogP contribution in [0.3, 0.4) is 0 Å². The van der Waals surface area contributed by atoms with Gasteiger partial charge < -0.3 is 8.83 Å². The summed E-state index contributed by atoms with van der Waals surface area (Å²) in [6.45, 7) is 2.06. The van der Waals surface area contributed by atoms with Gasteiger partial charge in [0.2, 0.25) is 5.89 Å². The van der Waals surface area contributed by atoms with Gasteiger partial charge in [0.1, 0.15) is 11.3 Å². The van der Waals surface area contributed by atoms with Crippen molar-refractivity contribution in [2.45, 2.75) is 6.92 Å². The Bertz CT molecular complexity index is 904. The Hall–Kier alpha value is -2.81. The van der Waals surface area contributed by atoms with Gasteiger partial charge in [0.15, 0.2) is 5.58 Å². The molecule has 102 valence electrons. The van der Waals surface area contributed by atoms with Crippen LogP contribution in [-0.4, -0.2) is 4.98 Å². The van der Waals surface area contributed by atoms with Crippen LogP contribution in [0.25, 0.3) is 33.9 Å². The van der Waals surface area contributed by atoms with Crippen molar-refractivity contribution in [1.82, 2.24) is 4.98 Å². The summed E-state index contributed by atoms with van der Waals surface area (Å²) in [5, 5.41) is 0. The Balaban J connectivity index is 1.83. The topological polar surface area (TPSA) is 39.2 Å². The predicted octanol–water partition coefficient (Wildman–Crippen LogP) is 5.06. The lowest BCUT2D eigenvalue weighted by Crippen LogP contribution is -1.78. The Labute approximate surface area is 121 Å². The summed E-state index contributed by atoms with van der Waals surface area (Å²) in [4.78, 5) is 4.55. The van der Waals surface area contributed by atoms with Gasteiger partial charge >= 0.3 is 0 Å². The maximum atomic E-state index is 5.90. The summed E-state index contributed by atoms with van der Waals surface area (Å²) in [5.74, 6) is 1.47. The molecule has 0 amide bonds. The van der Waals surface area contributed by atoms with Crippen molar-refractivity contribution in [2.75, 3.05) is 0 Å². The molecule has 0 bridgehead atoms. The first-order valence-corrected chi connectivity index (χ1v) is 6.81. The van der Waals surface area contributed by atoms with E-state index in [1.165, 1.54) is 5.56 Å². The quantitative estimate of drug-likeness (QED) is 0.513. The maximum Gasteiger partial charge on any atom is 0.227 e. The summed E-state index contributed by atoms with van der Waals surface area (Å²) < 4.78 is 11.3. The molecule has 0 aliphatic carbocycles. The highest BCUT2D eigenvalue weighted by molar-refractivity contribution is 5.81. The summed E-state index contributed by atoms with van der Waals surface area (Å²) >= 11 is 0. The van der Waals surface area contributed by atoms with E-state index >= 15 is 0 Å². The van der Waals surface area contributed by atoms with E-state index in [4.69, 9.17) is 8.83 Å². The lowest BCUT2D eigenvalue weighted by atomic mass is 10.1. The van der Waals surface area contributed by atoms with E-state index in [1.807, 2.05) is 42.5 Å². The lowest BCUT2D eigenvalue weighted by Gasteiger charge is -1.96. The van der Waals surface area contributed by atoms with Gasteiger partial charge in [-0.05, 0) is 49.4 Å². The summed E-state index contributed by atoms with van der Waals surface area (Å²) in [5.41, 5.74) is 4.78. The van der Waals surface area contributed by atoms with Crippen LogP contribution in [0.1, 0.15) is 5.56 Å². The molecule has 2 heterocycles. The van der Waals surface area contributed by atoms with E-state index in [-0.39, 0.29) is 0 Å². The summed E-state index contributed by atoms with van der Waals surface area (Å²) in [6.07, 6.45) is 1.66. The predicted molar refractivity (Wildman–Crippen MR) is 81.9 cm³/mol. The molecule has 0 spiro atoms. The van der Waals surface area contributed by atoms with Gasteiger partial charge in [0.25, 0.3) is 0 Å². The normalized spacial score (nSPS) is 11.1. The van der Waals surface area contributed by atoms with Crippen molar-refractivity contribution in [3.63, 3.8) is 0 Å². The molecular formula is C18H13NO2. The average molecular weight is 275 g/mol. The summed E-state index contributed by atoms with van der Waals surface area (Å²) in [6, 6.07) is 17.8. The van der Waals surface area contributed by atoms with Gasteiger partial charge in [0, 0.05) is 11.1 Å². The molecule has 2 aromatic carbocycles. The maximum absolute atomic E-state index is 5.90. The SMILES string of the molecule is Cc1cccc(-c2nc3ccc(-c4ccco4)cc3o2)c1. The zero-order chi connectivity index (χ0) is 14.2. The first-order chi connectivity index (χ1) is 10.3. The molecule has 0 N–H and O–H groups in total. The molecule has 3 heteroatoms. The number of furan rings is 1. The molecule has 0 radical (unpaired) electrons. The number of hydrogen-bond donors (Lipinski definition) is 0. The van der Waals surface area contributed by atoms with Crippen molar-refractivity contribution in [3.05, 3.63) is 66.4 Å². The molecule has 0 unspecified atom stereocenters. The molecule has 0 saturated carbocycles. The van der Waals surface area contributed by atoms with E-state index in [0.29, 0.717) is 5.89 Å². The third kappa shape index (κ3) is 2.13. The van der Waals surface area contributed by atoms with Gasteiger partial charge in [-0.1, -0.05) is 17.7 Å². The van der Waals surface area contributed by atoms with E-state index in [2.05, 4.69) is 24.0 Å². The first-order valence-electron chi connectivity index (χ1n) is 6.81. The fourth-order valence-corrected chi connectivity index (χ4v) is 2.42. The Morgan fingerprint density at radius 2 is 1.86 bits per heavy atom. The van der Waals surface area contributed by atoms with Gasteiger partial charge in [0.05, 0.1) is 6.26 Å². The van der Waals surface area contributed by atoms with E-state index < -0.39 is 0 Å². The number of aromatic nitrogens is 1. The Morgan fingerprint density at radius 1 is 0.905 bits per heavy atom. The van der Waals surface area contributed by atoms with Crippen LogP contribution in [0.2, 0.25) is 0 Å². The van der Waals surface area contributed by atoms with Crippen LogP contribution in [0.5, 0.6) is 0 Å². The average Bonchev–Trinajstić information content (AvgIpc) is 3.16. The third-order valence-corrected chi connectivity index (χ3v) is 3.46. The van der Waals surface area contributed by atoms with Crippen LogP contribution < -0.4 is 0 Å². The highest BCUT2D eigenvalue weighted by Gasteiger charge is 2.10. The smallest absolute Gasteiger partial charge is 0.227 e. The van der Waals surface area contributed by atoms with E-state index in [9.17, 15) is 0 Å². The van der Waals surface area contributed by atoms with Crippen molar-refractivity contribution < 1.29 is 8.83 Å². The van der Waals surface area contributed by atoms with Crippen molar-refractivity contribution in [2.24, 2.45) is 0 Å². The minimum absolute atomic E-state index is 0.644. The molecule has 2 aromatic heterocycles. The minimum atomic E-state index is 0.644. The number of hydrogen-bond acceptors (Lipinski definition) is 3. The molecule has 0 aliphatic heterocycles. The molecule has 0 atom stereocenters. The second kappa shape index (κ2) is 4.63. The fourth-order valence-electron chi connectivity index (χ4n) is 2.42. The van der Waals surface area contributed by atoms with Crippen LogP contribution in [0.15, 0.2) is 69.7 Å². The summed E-state index contributed by atoms with van der Waals surface area (Å²) in [7, 11) is 0. The second-order valence-corrected chi connectivity index (χ2v) is 5.05. The zero-order valence-corrected chi connectivity index (χ0v) is 11.5. The minimum Gasteiger partial charge on any atom is -0.464 e. The highest BCUT2D eigenvalue weighted by Crippen LogP contribution is 2.28. The van der Waals surface area contributed by atoms with Crippen LogP contribution in [-0.2, 0) is 0 Å². The number of benzene rings is 2.